The van der Waals surface area contributed by atoms with E-state index in [1.54, 1.807) is 5.57 Å². The van der Waals surface area contributed by atoms with Crippen LogP contribution in [0.1, 0.15) is 139 Å². The zero-order valence-electron chi connectivity index (χ0n) is 39.0. The van der Waals surface area contributed by atoms with Crippen molar-refractivity contribution in [2.45, 2.75) is 157 Å². The number of esters is 1. The number of hydrogen-bond acceptors (Lipinski definition) is 4. The van der Waals surface area contributed by atoms with Crippen LogP contribution in [-0.4, -0.2) is 33.1 Å². The summed E-state index contributed by atoms with van der Waals surface area (Å²) in [6.07, 6.45) is 14.2. The molecule has 3 aromatic carbocycles. The van der Waals surface area contributed by atoms with Gasteiger partial charge in [0, 0.05) is 6.10 Å². The van der Waals surface area contributed by atoms with Crippen LogP contribution in [0.25, 0.3) is 0 Å². The fourth-order valence-corrected chi connectivity index (χ4v) is 18.3. The van der Waals surface area contributed by atoms with Gasteiger partial charge in [-0.25, -0.2) is 0 Å². The van der Waals surface area contributed by atoms with Crippen LogP contribution in [0.15, 0.2) is 103 Å². The van der Waals surface area contributed by atoms with E-state index >= 15 is 0 Å². The van der Waals surface area contributed by atoms with Crippen molar-refractivity contribution < 1.29 is 18.7 Å². The molecule has 1 unspecified atom stereocenters. The van der Waals surface area contributed by atoms with Crippen molar-refractivity contribution >= 4 is 24.7 Å². The number of carbonyl (C=O) groups is 1. The molecule has 10 atom stereocenters. The largest absolute Gasteiger partial charge is 0.466 e. The molecule has 5 heteroatoms. The molecule has 0 bridgehead atoms. The summed E-state index contributed by atoms with van der Waals surface area (Å²) in [7, 11) is -2.63. The van der Waals surface area contributed by atoms with Crippen LogP contribution in [-0.2, 0) is 25.3 Å². The predicted octanol–water partition coefficient (Wildman–Crippen LogP) is 12.7. The molecule has 0 amide bonds. The summed E-state index contributed by atoms with van der Waals surface area (Å²) in [5, 5.41) is 2.74. The number of allylic oxidation sites excluding steroid dienone is 1. The number of hydrogen-bond donors (Lipinski definition) is 0. The first-order valence-corrected chi connectivity index (χ1v) is 25.7. The first-order chi connectivity index (χ1) is 28.5. The molecule has 3 aromatic rings. The number of rotatable bonds is 14. The molecule has 326 valence electrons. The van der Waals surface area contributed by atoms with Gasteiger partial charge in [0.15, 0.2) is 0 Å². The van der Waals surface area contributed by atoms with Gasteiger partial charge in [-0.05, 0) is 138 Å². The Kier molecular flexibility index (Phi) is 13.5. The third-order valence-electron chi connectivity index (χ3n) is 16.4. The predicted molar refractivity (Wildman–Crippen MR) is 251 cm³/mol. The second-order valence-electron chi connectivity index (χ2n) is 22.3. The van der Waals surface area contributed by atoms with E-state index in [2.05, 4.69) is 159 Å². The van der Waals surface area contributed by atoms with Crippen molar-refractivity contribution in [1.82, 2.24) is 0 Å². The Bertz CT molecular complexity index is 1860. The van der Waals surface area contributed by atoms with Gasteiger partial charge in [0.25, 0.3) is 8.32 Å². The lowest BCUT2D eigenvalue weighted by atomic mass is 9.47. The lowest BCUT2D eigenvalue weighted by Crippen LogP contribution is -2.68. The van der Waals surface area contributed by atoms with Crippen LogP contribution in [0.2, 0.25) is 5.04 Å². The third kappa shape index (κ3) is 8.93. The number of fused-ring (bicyclic) bond motifs is 5. The van der Waals surface area contributed by atoms with Gasteiger partial charge >= 0.3 is 5.97 Å². The average molecular weight is 831 g/mol. The Morgan fingerprint density at radius 1 is 0.800 bits per heavy atom. The van der Waals surface area contributed by atoms with E-state index < -0.39 is 8.32 Å². The number of ether oxygens (including phenoxy) is 2. The van der Waals surface area contributed by atoms with E-state index in [9.17, 15) is 4.79 Å². The van der Waals surface area contributed by atoms with Crippen LogP contribution < -0.4 is 10.4 Å². The molecule has 60 heavy (non-hydrogen) atoms. The minimum atomic E-state index is -2.63. The standard InChI is InChI=1S/C55H78O4Si/c1-11-57-51(56)41(37-52(3,4)5)35-50(58-38-40-21-15-12-16-22-40)39(2)47-29-30-48-46-28-27-42-36-43(31-33-54(42,9)49(46)32-34-55(47,48)10)59-60(53(6,7)8,44-23-17-13-18-24-44)45-25-19-14-20-26-45/h12-27,39,41,43,46-50H,11,28-38H2,1-10H3/t39-,41?,43-,46-,47+,48-,49-,50-,54-,55+/m0/s1. The maximum absolute atomic E-state index is 13.5. The molecule has 7 rings (SSSR count). The van der Waals surface area contributed by atoms with Crippen LogP contribution in [0.5, 0.6) is 0 Å². The maximum atomic E-state index is 13.5. The summed E-state index contributed by atoms with van der Waals surface area (Å²) in [6.45, 7) is 24.6. The van der Waals surface area contributed by atoms with E-state index in [1.807, 2.05) is 6.92 Å². The second-order valence-corrected chi connectivity index (χ2v) is 26.5. The normalized spacial score (nSPS) is 29.6. The Morgan fingerprint density at radius 2 is 1.42 bits per heavy atom. The first-order valence-electron chi connectivity index (χ1n) is 23.8. The molecular weight excluding hydrogens is 753 g/mol. The summed E-state index contributed by atoms with van der Waals surface area (Å²) in [6, 6.07) is 33.0. The molecule has 4 nitrogen and oxygen atoms in total. The van der Waals surface area contributed by atoms with E-state index in [-0.39, 0.29) is 45.4 Å². The number of carbonyl (C=O) groups excluding carboxylic acids is 1. The molecule has 0 spiro atoms. The van der Waals surface area contributed by atoms with Crippen LogP contribution >= 0.6 is 0 Å². The molecule has 0 saturated heterocycles. The minimum absolute atomic E-state index is 0.0125. The van der Waals surface area contributed by atoms with Crippen molar-refractivity contribution in [3.8, 4) is 0 Å². The van der Waals surface area contributed by atoms with Crippen LogP contribution in [0.4, 0.5) is 0 Å². The van der Waals surface area contributed by atoms with Gasteiger partial charge in [-0.15, -0.1) is 0 Å². The van der Waals surface area contributed by atoms with Crippen LogP contribution in [0.3, 0.4) is 0 Å². The minimum Gasteiger partial charge on any atom is -0.466 e. The lowest BCUT2D eigenvalue weighted by molar-refractivity contribution is -0.152. The highest BCUT2D eigenvalue weighted by atomic mass is 28.4. The Balaban J connectivity index is 1.11. The van der Waals surface area contributed by atoms with E-state index in [4.69, 9.17) is 13.9 Å². The van der Waals surface area contributed by atoms with Crippen LogP contribution in [0, 0.1) is 51.8 Å². The van der Waals surface area contributed by atoms with Crippen molar-refractivity contribution in [2.24, 2.45) is 51.8 Å². The quantitative estimate of drug-likeness (QED) is 0.0922. The van der Waals surface area contributed by atoms with E-state index in [0.717, 1.165) is 37.0 Å². The van der Waals surface area contributed by atoms with Gasteiger partial charge in [-0.1, -0.05) is 165 Å². The summed E-state index contributed by atoms with van der Waals surface area (Å²) in [5.74, 6) is 2.84. The van der Waals surface area contributed by atoms with Crippen molar-refractivity contribution in [1.29, 1.82) is 0 Å². The summed E-state index contributed by atoms with van der Waals surface area (Å²) in [5.41, 5.74) is 3.40. The molecule has 3 saturated carbocycles. The number of benzene rings is 3. The maximum Gasteiger partial charge on any atom is 0.309 e. The van der Waals surface area contributed by atoms with E-state index in [1.165, 1.54) is 54.5 Å². The third-order valence-corrected chi connectivity index (χ3v) is 21.5. The molecule has 0 aliphatic heterocycles. The molecule has 4 aliphatic rings. The molecular formula is C55H78O4Si. The fraction of sp³-hybridized carbons (Fsp3) is 0.618. The molecule has 0 N–H and O–H groups in total. The van der Waals surface area contributed by atoms with Gasteiger partial charge in [0.2, 0.25) is 0 Å². The molecule has 0 radical (unpaired) electrons. The topological polar surface area (TPSA) is 44.8 Å². The van der Waals surface area contributed by atoms with Gasteiger partial charge in [-0.2, -0.15) is 0 Å². The summed E-state index contributed by atoms with van der Waals surface area (Å²) in [4.78, 5) is 13.5. The smallest absolute Gasteiger partial charge is 0.309 e. The van der Waals surface area contributed by atoms with Crippen molar-refractivity contribution in [3.05, 3.63) is 108 Å². The Hall–Kier alpha value is -2.99. The van der Waals surface area contributed by atoms with Gasteiger partial charge in [-0.3, -0.25) is 4.79 Å². The van der Waals surface area contributed by atoms with Gasteiger partial charge < -0.3 is 13.9 Å². The molecule has 4 aliphatic carbocycles. The SMILES string of the molecule is CCOC(=O)C(C[C@H](OCc1ccccc1)[C@@H](C)[C@H]1CC[C@H]2[C@@H]3CC=C4C[C@@H](O[Si](c5ccccc5)(c5ccccc5)C(C)(C)C)CC[C@]4(C)[C@H]3CC[C@]12C)CC(C)(C)C. The highest BCUT2D eigenvalue weighted by molar-refractivity contribution is 6.99. The fourth-order valence-electron chi connectivity index (χ4n) is 13.6. The van der Waals surface area contributed by atoms with Crippen molar-refractivity contribution in [3.63, 3.8) is 0 Å². The summed E-state index contributed by atoms with van der Waals surface area (Å²) >= 11 is 0. The van der Waals surface area contributed by atoms with Crippen molar-refractivity contribution in [2.75, 3.05) is 6.61 Å². The first kappa shape index (κ1) is 45.0. The van der Waals surface area contributed by atoms with E-state index in [0.29, 0.717) is 31.5 Å². The monoisotopic (exact) mass is 831 g/mol. The molecule has 0 aromatic heterocycles. The zero-order valence-corrected chi connectivity index (χ0v) is 40.0. The zero-order chi connectivity index (χ0) is 42.9. The molecule has 0 heterocycles. The Labute approximate surface area is 365 Å². The molecule has 3 fully saturated rings. The van der Waals surface area contributed by atoms with Gasteiger partial charge in [0.1, 0.15) is 0 Å². The Morgan fingerprint density at radius 3 is 2.00 bits per heavy atom. The lowest BCUT2D eigenvalue weighted by Gasteiger charge is -2.59. The summed E-state index contributed by atoms with van der Waals surface area (Å²) < 4.78 is 20.5. The highest BCUT2D eigenvalue weighted by Crippen LogP contribution is 2.67. The second kappa shape index (κ2) is 18.0. The highest BCUT2D eigenvalue weighted by Gasteiger charge is 2.60. The average Bonchev–Trinajstić information content (AvgIpc) is 3.58. The van der Waals surface area contributed by atoms with Gasteiger partial charge in [0.05, 0.1) is 25.2 Å².